The second-order valence-electron chi connectivity index (χ2n) is 7.38. The maximum Gasteiger partial charge on any atom is 0.332 e. The van der Waals surface area contributed by atoms with E-state index in [9.17, 15) is 14.4 Å². The van der Waals surface area contributed by atoms with Gasteiger partial charge in [0.1, 0.15) is 6.54 Å². The van der Waals surface area contributed by atoms with Crippen LogP contribution in [0.25, 0.3) is 11.2 Å². The number of hydrogen-bond donors (Lipinski definition) is 1. The Morgan fingerprint density at radius 3 is 2.80 bits per heavy atom. The number of carbonyl (C=O) groups is 1. The molecule has 8 heteroatoms. The number of fused-ring (bicyclic) bond motifs is 1. The molecule has 1 unspecified atom stereocenters. The predicted molar refractivity (Wildman–Crippen MR) is 116 cm³/mol. The zero-order chi connectivity index (χ0) is 21.3. The van der Waals surface area contributed by atoms with Crippen molar-refractivity contribution in [2.75, 3.05) is 5.32 Å². The highest BCUT2D eigenvalue weighted by molar-refractivity contribution is 5.92. The molecule has 0 saturated carbocycles. The first-order valence-electron chi connectivity index (χ1n) is 9.80. The average molecular weight is 405 g/mol. The third-order valence-corrected chi connectivity index (χ3v) is 5.40. The number of amides is 1. The molecule has 0 bridgehead atoms. The molecular weight excluding hydrogens is 382 g/mol. The lowest BCUT2D eigenvalue weighted by atomic mass is 9.93. The first kappa shape index (κ1) is 19.6. The molecule has 1 aliphatic carbocycles. The minimum atomic E-state index is -0.477. The van der Waals surface area contributed by atoms with Crippen molar-refractivity contribution < 1.29 is 4.79 Å². The number of para-hydroxylation sites is 1. The maximum absolute atomic E-state index is 12.8. The summed E-state index contributed by atoms with van der Waals surface area (Å²) in [6.07, 6.45) is 11.7. The molecular formula is C22H23N5O3. The second kappa shape index (κ2) is 7.98. The number of aromatic nitrogens is 4. The van der Waals surface area contributed by atoms with Crippen molar-refractivity contribution in [3.05, 3.63) is 81.3 Å². The van der Waals surface area contributed by atoms with E-state index >= 15 is 0 Å². The molecule has 2 heterocycles. The summed E-state index contributed by atoms with van der Waals surface area (Å²) in [6.45, 7) is -0.0830. The van der Waals surface area contributed by atoms with E-state index in [1.165, 1.54) is 22.5 Å². The van der Waals surface area contributed by atoms with Gasteiger partial charge < -0.3 is 9.88 Å². The lowest BCUT2D eigenvalue weighted by molar-refractivity contribution is -0.116. The second-order valence-corrected chi connectivity index (χ2v) is 7.38. The van der Waals surface area contributed by atoms with Gasteiger partial charge in [-0.1, -0.05) is 42.5 Å². The van der Waals surface area contributed by atoms with Crippen LogP contribution >= 0.6 is 0 Å². The lowest BCUT2D eigenvalue weighted by Gasteiger charge is -2.17. The highest BCUT2D eigenvalue weighted by Crippen LogP contribution is 2.30. The number of rotatable bonds is 4. The van der Waals surface area contributed by atoms with Crippen LogP contribution in [0, 0.1) is 0 Å². The molecule has 0 fully saturated rings. The van der Waals surface area contributed by atoms with Gasteiger partial charge in [0.05, 0.1) is 6.33 Å². The van der Waals surface area contributed by atoms with Crippen LogP contribution in [0.15, 0.2) is 64.5 Å². The number of imidazole rings is 1. The van der Waals surface area contributed by atoms with Crippen molar-refractivity contribution in [3.63, 3.8) is 0 Å². The molecule has 154 valence electrons. The van der Waals surface area contributed by atoms with Crippen molar-refractivity contribution in [3.8, 4) is 0 Å². The number of nitrogens with one attached hydrogen (secondary N) is 1. The molecule has 4 rings (SSSR count). The molecule has 2 aromatic heterocycles. The van der Waals surface area contributed by atoms with Gasteiger partial charge in [-0.3, -0.25) is 18.7 Å². The minimum absolute atomic E-state index is 0.0830. The fourth-order valence-corrected chi connectivity index (χ4v) is 3.80. The quantitative estimate of drug-likeness (QED) is 0.719. The molecule has 0 spiro atoms. The molecule has 3 aromatic rings. The highest BCUT2D eigenvalue weighted by atomic mass is 16.2. The first-order chi connectivity index (χ1) is 14.5. The van der Waals surface area contributed by atoms with E-state index in [-0.39, 0.29) is 29.5 Å². The van der Waals surface area contributed by atoms with E-state index in [1.807, 2.05) is 36.4 Å². The summed E-state index contributed by atoms with van der Waals surface area (Å²) in [4.78, 5) is 41.6. The van der Waals surface area contributed by atoms with Gasteiger partial charge in [0, 0.05) is 25.7 Å². The number of hydrogen-bond acceptors (Lipinski definition) is 4. The number of anilines is 1. The van der Waals surface area contributed by atoms with Crippen molar-refractivity contribution in [2.45, 2.75) is 25.3 Å². The summed E-state index contributed by atoms with van der Waals surface area (Å²) in [5, 5.41) is 2.97. The maximum atomic E-state index is 12.8. The summed E-state index contributed by atoms with van der Waals surface area (Å²) in [7, 11) is 2.96. The van der Waals surface area contributed by atoms with Crippen molar-refractivity contribution >= 4 is 22.8 Å². The van der Waals surface area contributed by atoms with Crippen LogP contribution in [0.4, 0.5) is 5.69 Å². The standard InChI is InChI=1S/C22H23N5O3/c1-25-20-19(21(29)26(2)22(25)30)27(14-23-20)13-18(28)24-17-12-8-7-11-16(17)15-9-5-3-4-6-10-15/h3-5,7-9,11-12,14-15H,6,10,13H2,1-2H3,(H,24,28). The number of carbonyl (C=O) groups excluding carboxylic acids is 1. The largest absolute Gasteiger partial charge is 0.332 e. The van der Waals surface area contributed by atoms with E-state index in [4.69, 9.17) is 0 Å². The Balaban J connectivity index is 1.61. The Morgan fingerprint density at radius 1 is 1.17 bits per heavy atom. The van der Waals surface area contributed by atoms with E-state index in [0.717, 1.165) is 28.7 Å². The summed E-state index contributed by atoms with van der Waals surface area (Å²) < 4.78 is 3.79. The van der Waals surface area contributed by atoms with Crippen LogP contribution in [0.2, 0.25) is 0 Å². The molecule has 0 radical (unpaired) electrons. The van der Waals surface area contributed by atoms with Crippen LogP contribution in [0.3, 0.4) is 0 Å². The minimum Gasteiger partial charge on any atom is -0.324 e. The van der Waals surface area contributed by atoms with Crippen molar-refractivity contribution in [2.24, 2.45) is 14.1 Å². The Labute approximate surface area is 172 Å². The number of benzene rings is 1. The highest BCUT2D eigenvalue weighted by Gasteiger charge is 2.18. The molecule has 30 heavy (non-hydrogen) atoms. The summed E-state index contributed by atoms with van der Waals surface area (Å²) in [5.41, 5.74) is 1.36. The topological polar surface area (TPSA) is 90.9 Å². The number of aryl methyl sites for hydroxylation is 1. The van der Waals surface area contributed by atoms with Gasteiger partial charge in [0.25, 0.3) is 5.56 Å². The van der Waals surface area contributed by atoms with Gasteiger partial charge in [-0.15, -0.1) is 0 Å². The average Bonchev–Trinajstić information content (AvgIpc) is 2.96. The van der Waals surface area contributed by atoms with Crippen molar-refractivity contribution in [1.82, 2.24) is 18.7 Å². The van der Waals surface area contributed by atoms with Crippen LogP contribution in [-0.4, -0.2) is 24.6 Å². The van der Waals surface area contributed by atoms with Gasteiger partial charge in [-0.05, 0) is 24.5 Å². The Kier molecular flexibility index (Phi) is 5.22. The van der Waals surface area contributed by atoms with Gasteiger partial charge in [-0.2, -0.15) is 0 Å². The molecule has 1 N–H and O–H groups in total. The summed E-state index contributed by atoms with van der Waals surface area (Å²) >= 11 is 0. The predicted octanol–water partition coefficient (Wildman–Crippen LogP) is 2.06. The third kappa shape index (κ3) is 3.52. The number of allylic oxidation sites excluding steroid dienone is 4. The van der Waals surface area contributed by atoms with E-state index in [0.29, 0.717) is 0 Å². The monoisotopic (exact) mass is 405 g/mol. The van der Waals surface area contributed by atoms with E-state index in [2.05, 4.69) is 22.5 Å². The smallest absolute Gasteiger partial charge is 0.324 e. The molecule has 1 aliphatic rings. The van der Waals surface area contributed by atoms with Gasteiger partial charge >= 0.3 is 5.69 Å². The lowest BCUT2D eigenvalue weighted by Crippen LogP contribution is -2.37. The third-order valence-electron chi connectivity index (χ3n) is 5.40. The molecule has 0 aliphatic heterocycles. The van der Waals surface area contributed by atoms with E-state index in [1.54, 1.807) is 7.05 Å². The molecule has 8 nitrogen and oxygen atoms in total. The fourth-order valence-electron chi connectivity index (χ4n) is 3.80. The Morgan fingerprint density at radius 2 is 1.97 bits per heavy atom. The first-order valence-corrected chi connectivity index (χ1v) is 9.80. The van der Waals surface area contributed by atoms with Crippen LogP contribution in [0.1, 0.15) is 24.3 Å². The molecule has 1 amide bonds. The van der Waals surface area contributed by atoms with Gasteiger partial charge in [0.15, 0.2) is 11.2 Å². The normalized spacial score (nSPS) is 16.0. The van der Waals surface area contributed by atoms with Crippen molar-refractivity contribution in [1.29, 1.82) is 0 Å². The Bertz CT molecular complexity index is 1290. The van der Waals surface area contributed by atoms with Crippen LogP contribution in [-0.2, 0) is 25.4 Å². The SMILES string of the molecule is Cn1c(=O)c2c(ncn2CC(=O)Nc2ccccc2C2C=CC=CCC2)n(C)c1=O. The van der Waals surface area contributed by atoms with E-state index < -0.39 is 11.2 Å². The number of nitrogens with zero attached hydrogens (tertiary/aromatic N) is 4. The summed E-state index contributed by atoms with van der Waals surface area (Å²) in [5.74, 6) is -0.0548. The molecule has 1 atom stereocenters. The van der Waals surface area contributed by atoms with Crippen LogP contribution < -0.4 is 16.6 Å². The zero-order valence-electron chi connectivity index (χ0n) is 16.9. The Hall–Kier alpha value is -3.68. The van der Waals surface area contributed by atoms with Gasteiger partial charge in [0.2, 0.25) is 5.91 Å². The fraction of sp³-hybridized carbons (Fsp3) is 0.273. The van der Waals surface area contributed by atoms with Gasteiger partial charge in [-0.25, -0.2) is 9.78 Å². The molecule has 1 aromatic carbocycles. The van der Waals surface area contributed by atoms with Crippen LogP contribution in [0.5, 0.6) is 0 Å². The zero-order valence-corrected chi connectivity index (χ0v) is 16.9. The summed E-state index contributed by atoms with van der Waals surface area (Å²) in [6, 6.07) is 7.75. The molecule has 0 saturated heterocycles.